The molecule has 6 nitrogen and oxygen atoms in total. The highest BCUT2D eigenvalue weighted by Gasteiger charge is 2.32. The van der Waals surface area contributed by atoms with Crippen molar-refractivity contribution in [2.24, 2.45) is 0 Å². The van der Waals surface area contributed by atoms with Gasteiger partial charge in [0.15, 0.2) is 5.76 Å². The lowest BCUT2D eigenvalue weighted by Crippen LogP contribution is -2.36. The maximum absolute atomic E-state index is 12.8. The van der Waals surface area contributed by atoms with Crippen LogP contribution in [0.3, 0.4) is 0 Å². The smallest absolute Gasteiger partial charge is 0.322 e. The zero-order valence-electron chi connectivity index (χ0n) is 16.2. The summed E-state index contributed by atoms with van der Waals surface area (Å²) in [6.45, 7) is 2.65. The van der Waals surface area contributed by atoms with Crippen molar-refractivity contribution in [1.82, 2.24) is 4.90 Å². The van der Waals surface area contributed by atoms with Gasteiger partial charge in [0.25, 0.3) is 5.91 Å². The summed E-state index contributed by atoms with van der Waals surface area (Å²) >= 11 is 0. The predicted octanol–water partition coefficient (Wildman–Crippen LogP) is 5.04. The maximum Gasteiger partial charge on any atom is 0.322 e. The molecular formula is C23H23N3O3. The summed E-state index contributed by atoms with van der Waals surface area (Å²) in [5, 5.41) is 5.72. The van der Waals surface area contributed by atoms with Crippen molar-refractivity contribution in [3.63, 3.8) is 0 Å². The van der Waals surface area contributed by atoms with Gasteiger partial charge in [-0.05, 0) is 61.7 Å². The van der Waals surface area contributed by atoms with E-state index in [0.717, 1.165) is 18.4 Å². The van der Waals surface area contributed by atoms with Gasteiger partial charge in [-0.2, -0.15) is 0 Å². The summed E-state index contributed by atoms with van der Waals surface area (Å²) in [5.41, 5.74) is 3.62. The third-order valence-corrected chi connectivity index (χ3v) is 4.82. The minimum atomic E-state index is -0.315. The van der Waals surface area contributed by atoms with E-state index in [1.165, 1.54) is 11.8 Å². The first-order valence-corrected chi connectivity index (χ1v) is 9.66. The van der Waals surface area contributed by atoms with Crippen molar-refractivity contribution < 1.29 is 14.0 Å². The van der Waals surface area contributed by atoms with E-state index in [1.54, 1.807) is 36.4 Å². The van der Waals surface area contributed by atoms with Gasteiger partial charge >= 0.3 is 6.03 Å². The second-order valence-corrected chi connectivity index (χ2v) is 7.29. The molecule has 1 aliphatic carbocycles. The van der Waals surface area contributed by atoms with Crippen LogP contribution in [0.4, 0.5) is 16.2 Å². The Morgan fingerprint density at radius 1 is 1.00 bits per heavy atom. The summed E-state index contributed by atoms with van der Waals surface area (Å²) in [6.07, 6.45) is 3.53. The van der Waals surface area contributed by atoms with Crippen LogP contribution in [0.2, 0.25) is 0 Å². The highest BCUT2D eigenvalue weighted by Crippen LogP contribution is 2.29. The van der Waals surface area contributed by atoms with Gasteiger partial charge < -0.3 is 20.0 Å². The quantitative estimate of drug-likeness (QED) is 0.620. The minimum Gasteiger partial charge on any atom is -0.459 e. The molecule has 1 fully saturated rings. The summed E-state index contributed by atoms with van der Waals surface area (Å²) in [6, 6.07) is 18.7. The Labute approximate surface area is 169 Å². The third-order valence-electron chi connectivity index (χ3n) is 4.82. The molecule has 0 spiro atoms. The molecule has 1 saturated carbocycles. The Kier molecular flexibility index (Phi) is 5.33. The average Bonchev–Trinajstić information content (AvgIpc) is 3.39. The lowest BCUT2D eigenvalue weighted by atomic mass is 10.1. The fourth-order valence-corrected chi connectivity index (χ4v) is 3.19. The molecule has 0 radical (unpaired) electrons. The van der Waals surface area contributed by atoms with E-state index >= 15 is 0 Å². The normalized spacial score (nSPS) is 13.0. The molecule has 6 heteroatoms. The highest BCUT2D eigenvalue weighted by molar-refractivity contribution is 6.02. The van der Waals surface area contributed by atoms with Gasteiger partial charge in [-0.3, -0.25) is 4.79 Å². The van der Waals surface area contributed by atoms with Gasteiger partial charge in [0.05, 0.1) is 6.26 Å². The van der Waals surface area contributed by atoms with Crippen molar-refractivity contribution in [2.75, 3.05) is 10.6 Å². The Morgan fingerprint density at radius 2 is 1.72 bits per heavy atom. The Hall–Kier alpha value is -3.54. The van der Waals surface area contributed by atoms with Crippen LogP contribution in [0.15, 0.2) is 71.3 Å². The van der Waals surface area contributed by atoms with Crippen LogP contribution in [-0.4, -0.2) is 22.9 Å². The fraction of sp³-hybridized carbons (Fsp3) is 0.217. The molecule has 1 aliphatic rings. The van der Waals surface area contributed by atoms with Gasteiger partial charge in [-0.25, -0.2) is 4.79 Å². The van der Waals surface area contributed by atoms with Crippen LogP contribution >= 0.6 is 0 Å². The Balaban J connectivity index is 1.38. The topological polar surface area (TPSA) is 74.6 Å². The molecule has 2 N–H and O–H groups in total. The van der Waals surface area contributed by atoms with Gasteiger partial charge in [0.2, 0.25) is 0 Å². The lowest BCUT2D eigenvalue weighted by molar-refractivity contribution is 0.0996. The molecule has 29 heavy (non-hydrogen) atoms. The van der Waals surface area contributed by atoms with Gasteiger partial charge in [0.1, 0.15) is 0 Å². The van der Waals surface area contributed by atoms with Gasteiger partial charge in [-0.15, -0.1) is 0 Å². The zero-order valence-corrected chi connectivity index (χ0v) is 16.2. The summed E-state index contributed by atoms with van der Waals surface area (Å²) in [4.78, 5) is 26.7. The summed E-state index contributed by atoms with van der Waals surface area (Å²) < 4.78 is 5.08. The number of amides is 3. The van der Waals surface area contributed by atoms with E-state index in [4.69, 9.17) is 4.42 Å². The number of nitrogens with one attached hydrogen (secondary N) is 2. The molecule has 0 aliphatic heterocycles. The van der Waals surface area contributed by atoms with Crippen LogP contribution in [0.1, 0.15) is 34.5 Å². The molecule has 2 aromatic carbocycles. The number of benzene rings is 2. The number of urea groups is 1. The lowest BCUT2D eigenvalue weighted by Gasteiger charge is -2.23. The first-order chi connectivity index (χ1) is 14.1. The fourth-order valence-electron chi connectivity index (χ4n) is 3.19. The van der Waals surface area contributed by atoms with Crippen LogP contribution in [0.25, 0.3) is 0 Å². The standard InChI is InChI=1S/C23H23N3O3/c1-16-4-2-5-17(14-16)15-26(20-11-12-20)23(28)25-19-9-7-18(8-10-19)24-22(27)21-6-3-13-29-21/h2-10,13-14,20H,11-12,15H2,1H3,(H,24,27)(H,25,28). The van der Waals surface area contributed by atoms with E-state index in [0.29, 0.717) is 24.0 Å². The second kappa shape index (κ2) is 8.22. The zero-order chi connectivity index (χ0) is 20.2. The van der Waals surface area contributed by atoms with E-state index in [-0.39, 0.29) is 17.7 Å². The molecule has 3 amide bonds. The largest absolute Gasteiger partial charge is 0.459 e. The van der Waals surface area contributed by atoms with E-state index in [9.17, 15) is 9.59 Å². The summed E-state index contributed by atoms with van der Waals surface area (Å²) in [7, 11) is 0. The molecule has 1 aromatic heterocycles. The molecule has 148 valence electrons. The molecule has 0 atom stereocenters. The molecule has 4 rings (SSSR count). The number of carbonyl (C=O) groups excluding carboxylic acids is 2. The molecule has 1 heterocycles. The number of furan rings is 1. The van der Waals surface area contributed by atoms with Crippen molar-refractivity contribution in [3.05, 3.63) is 83.8 Å². The molecule has 0 unspecified atom stereocenters. The van der Waals surface area contributed by atoms with Crippen molar-refractivity contribution >= 4 is 23.3 Å². The SMILES string of the molecule is Cc1cccc(CN(C(=O)Nc2ccc(NC(=O)c3ccco3)cc2)C2CC2)c1. The first kappa shape index (κ1) is 18.8. The molecular weight excluding hydrogens is 366 g/mol. The maximum atomic E-state index is 12.8. The average molecular weight is 389 g/mol. The number of carbonyl (C=O) groups is 2. The number of aryl methyl sites for hydroxylation is 1. The molecule has 3 aromatic rings. The van der Waals surface area contributed by atoms with Gasteiger partial charge in [0, 0.05) is 24.0 Å². The Bertz CT molecular complexity index is 992. The van der Waals surface area contributed by atoms with E-state index in [2.05, 4.69) is 29.7 Å². The van der Waals surface area contributed by atoms with Crippen molar-refractivity contribution in [2.45, 2.75) is 32.4 Å². The van der Waals surface area contributed by atoms with E-state index in [1.807, 2.05) is 17.0 Å². The van der Waals surface area contributed by atoms with Crippen LogP contribution in [0.5, 0.6) is 0 Å². The Morgan fingerprint density at radius 3 is 2.34 bits per heavy atom. The number of hydrogen-bond donors (Lipinski definition) is 2. The highest BCUT2D eigenvalue weighted by atomic mass is 16.3. The van der Waals surface area contributed by atoms with E-state index < -0.39 is 0 Å². The second-order valence-electron chi connectivity index (χ2n) is 7.29. The molecule has 0 bridgehead atoms. The van der Waals surface area contributed by atoms with Gasteiger partial charge in [-0.1, -0.05) is 29.8 Å². The third kappa shape index (κ3) is 4.85. The van der Waals surface area contributed by atoms with Crippen LogP contribution < -0.4 is 10.6 Å². The van der Waals surface area contributed by atoms with Crippen molar-refractivity contribution in [3.8, 4) is 0 Å². The number of nitrogens with zero attached hydrogens (tertiary/aromatic N) is 1. The predicted molar refractivity (Wildman–Crippen MR) is 112 cm³/mol. The van der Waals surface area contributed by atoms with Crippen LogP contribution in [-0.2, 0) is 6.54 Å². The number of rotatable bonds is 6. The van der Waals surface area contributed by atoms with Crippen LogP contribution in [0, 0.1) is 6.92 Å². The minimum absolute atomic E-state index is 0.110. The monoisotopic (exact) mass is 389 g/mol. The number of anilines is 2. The van der Waals surface area contributed by atoms with Crippen molar-refractivity contribution in [1.29, 1.82) is 0 Å². The first-order valence-electron chi connectivity index (χ1n) is 9.66. The molecule has 0 saturated heterocycles. The summed E-state index contributed by atoms with van der Waals surface area (Å²) in [5.74, 6) is -0.0662. The number of hydrogen-bond acceptors (Lipinski definition) is 3.